The predicted octanol–water partition coefficient (Wildman–Crippen LogP) is 7.63. The molecule has 462 valence electrons. The van der Waals surface area contributed by atoms with Gasteiger partial charge in [0.1, 0.15) is 49.5 Å². The van der Waals surface area contributed by atoms with Crippen LogP contribution in [0.4, 0.5) is 17.5 Å². The maximum absolute atomic E-state index is 12.7. The summed E-state index contributed by atoms with van der Waals surface area (Å²) in [6.07, 6.45) is 3.75. The SMILES string of the molecule is CC[C@H]1O[C@@H](n2cnc3c(NC(=O)c4ccccc4)ncnc32)[C@H](O)[C@@H]1C.CC[C@H]1O[C@@H](n2cnc3c(NC(=O)c4ccccc4)ncnc32)[C@H](O)[C@@H]1O.CC[C@H]1O[C@@H](n2cnc3c(NC(=O)c4ccccc4)ncnc32)[C@H](O[Si](C)(C)C(C)(C)C)[C@@H]1O. The fraction of sp³-hybridized carbons (Fsp3) is 0.410. The van der Waals surface area contributed by atoms with Crippen molar-refractivity contribution in [3.05, 3.63) is 146 Å². The van der Waals surface area contributed by atoms with Crippen molar-refractivity contribution >= 4 is 77.0 Å². The number of nitrogens with zero attached hydrogens (tertiary/aromatic N) is 12. The van der Waals surface area contributed by atoms with Gasteiger partial charge in [0.15, 0.2) is 77.9 Å². The van der Waals surface area contributed by atoms with Gasteiger partial charge in [-0.05, 0) is 73.8 Å². The molecule has 6 aromatic heterocycles. The largest absolute Gasteiger partial charge is 0.407 e. The number of aliphatic hydroxyl groups is 4. The van der Waals surface area contributed by atoms with E-state index >= 15 is 0 Å². The van der Waals surface area contributed by atoms with Crippen molar-refractivity contribution in [2.24, 2.45) is 5.92 Å². The predicted molar refractivity (Wildman–Crippen MR) is 327 cm³/mol. The Morgan fingerprint density at radius 1 is 0.489 bits per heavy atom. The molecule has 27 heteroatoms. The minimum atomic E-state index is -2.21. The normalized spacial score (nSPS) is 24.4. The van der Waals surface area contributed by atoms with Crippen LogP contribution in [0, 0.1) is 5.92 Å². The van der Waals surface area contributed by atoms with Gasteiger partial charge < -0.3 is 55.0 Å². The maximum atomic E-state index is 12.7. The van der Waals surface area contributed by atoms with E-state index in [-0.39, 0.29) is 46.7 Å². The average molecular weight is 1220 g/mol. The fourth-order valence-electron chi connectivity index (χ4n) is 10.5. The first kappa shape index (κ1) is 62.7. The van der Waals surface area contributed by atoms with E-state index in [9.17, 15) is 34.8 Å². The Hall–Kier alpha value is -8.38. The Balaban J connectivity index is 0.000000147. The van der Waals surface area contributed by atoms with Gasteiger partial charge in [-0.15, -0.1) is 0 Å². The summed E-state index contributed by atoms with van der Waals surface area (Å²) in [5, 5.41) is 50.3. The molecule has 7 N–H and O–H groups in total. The second-order valence-corrected chi connectivity index (χ2v) is 27.9. The highest BCUT2D eigenvalue weighted by Crippen LogP contribution is 2.43. The monoisotopic (exact) mass is 1220 g/mol. The van der Waals surface area contributed by atoms with E-state index in [0.29, 0.717) is 74.7 Å². The van der Waals surface area contributed by atoms with Crippen molar-refractivity contribution in [2.45, 2.75) is 153 Å². The zero-order valence-corrected chi connectivity index (χ0v) is 51.2. The highest BCUT2D eigenvalue weighted by atomic mass is 28.4. The Morgan fingerprint density at radius 2 is 0.830 bits per heavy atom. The number of carbonyl (C=O) groups excluding carboxylic acids is 3. The number of nitrogens with one attached hydrogen (secondary N) is 3. The molecule has 0 bridgehead atoms. The summed E-state index contributed by atoms with van der Waals surface area (Å²) in [7, 11) is -2.21. The van der Waals surface area contributed by atoms with Crippen LogP contribution < -0.4 is 16.0 Å². The van der Waals surface area contributed by atoms with Crippen LogP contribution >= 0.6 is 0 Å². The van der Waals surface area contributed by atoms with Crippen LogP contribution in [0.3, 0.4) is 0 Å². The fourth-order valence-corrected chi connectivity index (χ4v) is 11.8. The van der Waals surface area contributed by atoms with Gasteiger partial charge in [0, 0.05) is 22.6 Å². The van der Waals surface area contributed by atoms with Crippen LogP contribution in [0.25, 0.3) is 33.5 Å². The molecule has 9 heterocycles. The molecule has 0 saturated carbocycles. The van der Waals surface area contributed by atoms with E-state index in [1.807, 2.05) is 45.9 Å². The molecule has 0 spiro atoms. The minimum absolute atomic E-state index is 0.0107. The van der Waals surface area contributed by atoms with Crippen molar-refractivity contribution < 1.29 is 53.4 Å². The lowest BCUT2D eigenvalue weighted by molar-refractivity contribution is -0.0355. The number of amides is 3. The molecule has 3 aliphatic heterocycles. The molecule has 88 heavy (non-hydrogen) atoms. The number of anilines is 3. The lowest BCUT2D eigenvalue weighted by Gasteiger charge is -2.40. The van der Waals surface area contributed by atoms with E-state index in [2.05, 4.69) is 94.7 Å². The number of ether oxygens (including phenoxy) is 3. The Labute approximate surface area is 507 Å². The van der Waals surface area contributed by atoms with Gasteiger partial charge >= 0.3 is 0 Å². The van der Waals surface area contributed by atoms with Crippen LogP contribution in [0.2, 0.25) is 18.1 Å². The molecule has 0 unspecified atom stereocenters. The molecule has 0 aliphatic carbocycles. The van der Waals surface area contributed by atoms with Gasteiger partial charge in [0.2, 0.25) is 0 Å². The van der Waals surface area contributed by atoms with Crippen molar-refractivity contribution in [3.63, 3.8) is 0 Å². The summed E-state index contributed by atoms with van der Waals surface area (Å²) in [6.45, 7) is 18.6. The number of benzene rings is 3. The van der Waals surface area contributed by atoms with Crippen molar-refractivity contribution in [1.82, 2.24) is 58.6 Å². The minimum Gasteiger partial charge on any atom is -0.407 e. The van der Waals surface area contributed by atoms with Crippen molar-refractivity contribution in [1.29, 1.82) is 0 Å². The molecule has 3 amide bonds. The van der Waals surface area contributed by atoms with Gasteiger partial charge in [0.05, 0.1) is 37.3 Å². The number of aliphatic hydroxyl groups excluding tert-OH is 4. The van der Waals surface area contributed by atoms with Gasteiger partial charge in [-0.25, -0.2) is 44.9 Å². The summed E-state index contributed by atoms with van der Waals surface area (Å²) in [5.41, 5.74) is 4.18. The van der Waals surface area contributed by atoms with Gasteiger partial charge in [-0.2, -0.15) is 0 Å². The van der Waals surface area contributed by atoms with Crippen LogP contribution in [-0.2, 0) is 18.6 Å². The summed E-state index contributed by atoms with van der Waals surface area (Å²) < 4.78 is 29.7. The third-order valence-electron chi connectivity index (χ3n) is 16.5. The van der Waals surface area contributed by atoms with Gasteiger partial charge in [-0.3, -0.25) is 28.1 Å². The molecule has 9 aromatic rings. The van der Waals surface area contributed by atoms with E-state index in [4.69, 9.17) is 18.6 Å². The molecule has 3 fully saturated rings. The van der Waals surface area contributed by atoms with Gasteiger partial charge in [0.25, 0.3) is 17.7 Å². The van der Waals surface area contributed by atoms with Gasteiger partial charge in [-0.1, -0.05) is 103 Å². The number of hydrogen-bond acceptors (Lipinski definition) is 20. The number of imidazole rings is 3. The number of fused-ring (bicyclic) bond motifs is 3. The summed E-state index contributed by atoms with van der Waals surface area (Å²) >= 11 is 0. The molecule has 12 rings (SSSR count). The first-order chi connectivity index (χ1) is 42.2. The van der Waals surface area contributed by atoms with E-state index in [1.54, 1.807) is 99.2 Å². The van der Waals surface area contributed by atoms with Crippen molar-refractivity contribution in [2.75, 3.05) is 16.0 Å². The third-order valence-corrected chi connectivity index (χ3v) is 21.0. The van der Waals surface area contributed by atoms with Crippen LogP contribution in [0.15, 0.2) is 129 Å². The number of hydrogen-bond donors (Lipinski definition) is 7. The summed E-state index contributed by atoms with van der Waals surface area (Å²) in [5.74, 6) is 0.0214. The van der Waals surface area contributed by atoms with E-state index in [1.165, 1.54) is 25.3 Å². The first-order valence-corrected chi connectivity index (χ1v) is 32.1. The third kappa shape index (κ3) is 12.8. The molecule has 3 saturated heterocycles. The molecule has 3 aromatic carbocycles. The highest BCUT2D eigenvalue weighted by Gasteiger charge is 2.51. The Kier molecular flexibility index (Phi) is 18.9. The lowest BCUT2D eigenvalue weighted by Crippen LogP contribution is -2.48. The van der Waals surface area contributed by atoms with E-state index < -0.39 is 63.6 Å². The maximum Gasteiger partial charge on any atom is 0.256 e. The highest BCUT2D eigenvalue weighted by molar-refractivity contribution is 6.74. The second kappa shape index (κ2) is 26.5. The number of aromatic nitrogens is 12. The quantitative estimate of drug-likeness (QED) is 0.0514. The summed E-state index contributed by atoms with van der Waals surface area (Å²) in [6, 6.07) is 26.6. The van der Waals surface area contributed by atoms with E-state index in [0.717, 1.165) is 6.42 Å². The Bertz CT molecular complexity index is 3710. The summed E-state index contributed by atoms with van der Waals surface area (Å²) in [4.78, 5) is 76.0. The molecule has 26 nitrogen and oxygen atoms in total. The molecular weight excluding hydrogens is 1150 g/mol. The molecule has 3 aliphatic rings. The van der Waals surface area contributed by atoms with Crippen molar-refractivity contribution in [3.8, 4) is 0 Å². The van der Waals surface area contributed by atoms with Crippen LogP contribution in [0.5, 0.6) is 0 Å². The lowest BCUT2D eigenvalue weighted by atomic mass is 9.99. The smallest absolute Gasteiger partial charge is 0.256 e. The molecule has 0 radical (unpaired) electrons. The number of carbonyl (C=O) groups is 3. The molecule has 12 atom stereocenters. The zero-order chi connectivity index (χ0) is 62.6. The first-order valence-electron chi connectivity index (χ1n) is 29.2. The number of rotatable bonds is 14. The second-order valence-electron chi connectivity index (χ2n) is 23.2. The molecular formula is C61H73N15O11Si. The average Bonchev–Trinajstić information content (AvgIpc) is 1.83. The standard InChI is InChI=1S/C24H33N5O4Si.C19H21N5O3.C18H19N5O4/c1-7-16-18(30)19(33-34(5,6)24(2,3)4)23(32-16)29-14-27-17-20(25-13-26-21(17)29)28-22(31)15-11-9-8-10-12-15;1-3-13-11(2)15(25)19(27-13)24-10-22-14-16(20-9-21-17(14)24)23-18(26)12-7-5-4-6-8-12;1-2-11-13(24)14(25)18(27-11)23-9-21-12-15(19-8-20-16(12)23)22-17(26)10-6-4-3-5-7-10/h8-14,16,18-19,23,30H,7H2,1-6H3,(H,25,26,28,31);4-11,13,15,19,25H,3H2,1-2H3,(H,20,21,23,26);3-9,11,13-14,18,24-25H,2H2,1H3,(H,19,20,22,26)/t16-,18-,19-,23-;11-,13-,15-,19-;11-,13-,14-,18-/m111/s1. The topological polar surface area (TPSA) is 336 Å². The zero-order valence-electron chi connectivity index (χ0n) is 50.2. The Morgan fingerprint density at radius 3 is 1.18 bits per heavy atom. The van der Waals surface area contributed by atoms with Crippen LogP contribution in [-0.4, -0.2) is 154 Å². The van der Waals surface area contributed by atoms with Crippen LogP contribution in [0.1, 0.15) is 117 Å².